The van der Waals surface area contributed by atoms with E-state index in [1.54, 1.807) is 75.4 Å². The van der Waals surface area contributed by atoms with Crippen LogP contribution in [0.3, 0.4) is 0 Å². The fraction of sp³-hybridized carbons (Fsp3) is 0.408. The Hall–Kier alpha value is -6.29. The van der Waals surface area contributed by atoms with Gasteiger partial charge in [0.05, 0.1) is 17.4 Å². The molecule has 3 aliphatic rings. The predicted molar refractivity (Wildman–Crippen MR) is 256 cm³/mol. The first-order chi connectivity index (χ1) is 32.0. The Labute approximate surface area is 386 Å². The number of H-pyrrole nitrogens is 1. The summed E-state index contributed by atoms with van der Waals surface area (Å²) in [6.07, 6.45) is 6.04. The van der Waals surface area contributed by atoms with Crippen molar-refractivity contribution in [2.75, 3.05) is 38.3 Å². The molecule has 352 valence electrons. The van der Waals surface area contributed by atoms with Gasteiger partial charge in [-0.2, -0.15) is 0 Å². The van der Waals surface area contributed by atoms with Gasteiger partial charge in [-0.3, -0.25) is 23.4 Å². The number of amides is 1. The van der Waals surface area contributed by atoms with Crippen molar-refractivity contribution in [1.29, 1.82) is 0 Å². The van der Waals surface area contributed by atoms with Gasteiger partial charge in [0.15, 0.2) is 5.82 Å². The Morgan fingerprint density at radius 3 is 2.43 bits per heavy atom. The number of imidazole rings is 1. The van der Waals surface area contributed by atoms with Crippen LogP contribution >= 0.6 is 7.14 Å². The molecule has 5 heterocycles. The Kier molecular flexibility index (Phi) is 11.9. The van der Waals surface area contributed by atoms with Gasteiger partial charge < -0.3 is 34.9 Å². The number of aryl methyl sites for hydroxylation is 2. The minimum atomic E-state index is -3.20. The standard InChI is InChI=1S/C49H57FN9O7P/c1-8-67(64,31(6)60)41-12-10-36(25-38(41)52-7)57-17-18-58(48(57)63)44(53-35-21-27(2)43(50)28(3)22-35)42-30(5)56(16-13-37(42)51)45(61)40-24-34-23-33(32-14-19-65-20-15-32)9-11-39(34)59(40)49(26-29(49)4)46-54-47(62)66-55-46/h9-12,17-18,21-25,29-32,52,60H,8,13-16,19-20,26,51H2,1-7H3,(H,54,55,62)/t29-,30-,31-,49-,67-/m0/s1. The van der Waals surface area contributed by atoms with Gasteiger partial charge in [0.1, 0.15) is 35.9 Å². The van der Waals surface area contributed by atoms with Crippen LogP contribution in [0, 0.1) is 25.6 Å². The molecule has 0 spiro atoms. The fourth-order valence-corrected chi connectivity index (χ4v) is 12.5. The lowest BCUT2D eigenvalue weighted by atomic mass is 9.91. The number of anilines is 1. The molecule has 5 N–H and O–H groups in total. The molecule has 0 radical (unpaired) electrons. The maximum atomic E-state index is 15.5. The number of aromatic nitrogens is 5. The zero-order valence-corrected chi connectivity index (χ0v) is 39.7. The summed E-state index contributed by atoms with van der Waals surface area (Å²) >= 11 is 0. The van der Waals surface area contributed by atoms with Gasteiger partial charge in [0, 0.05) is 84.9 Å². The molecule has 16 nitrogen and oxygen atoms in total. The highest BCUT2D eigenvalue weighted by Crippen LogP contribution is 2.56. The molecule has 9 rings (SSSR count). The Bertz CT molecular complexity index is 3150. The van der Waals surface area contributed by atoms with Crippen molar-refractivity contribution in [3.8, 4) is 5.69 Å². The largest absolute Gasteiger partial charge is 0.438 e. The van der Waals surface area contributed by atoms with Gasteiger partial charge >= 0.3 is 11.4 Å². The second-order valence-electron chi connectivity index (χ2n) is 18.3. The number of halogens is 1. The number of aliphatic imine (C=N–C) groups is 1. The van der Waals surface area contributed by atoms with Gasteiger partial charge in [0.25, 0.3) is 5.91 Å². The molecule has 5 atom stereocenters. The van der Waals surface area contributed by atoms with Crippen LogP contribution < -0.4 is 27.8 Å². The van der Waals surface area contributed by atoms with Crippen molar-refractivity contribution < 1.29 is 28.1 Å². The van der Waals surface area contributed by atoms with Crippen LogP contribution in [0.2, 0.25) is 0 Å². The number of rotatable bonds is 11. The number of benzene rings is 3. The van der Waals surface area contributed by atoms with Gasteiger partial charge in [-0.05, 0) is 124 Å². The van der Waals surface area contributed by atoms with Crippen LogP contribution in [0.5, 0.6) is 0 Å². The Balaban J connectivity index is 1.16. The van der Waals surface area contributed by atoms with E-state index < -0.39 is 36.0 Å². The molecular weight excluding hydrogens is 877 g/mol. The molecule has 1 aliphatic carbocycles. The van der Waals surface area contributed by atoms with E-state index >= 15 is 9.18 Å². The SMILES string of the molecule is CC[P@@](=O)(c1ccc(-n2ccn(C(=Nc3cc(C)c(F)c(C)c3)C3=C(N)CCN(C(=O)c4cc5cc(C6CCOCC6)ccc5n4[C@@]4(c5noc(=O)[nH]5)C[C@@H]4C)[C@H]3C)c2=O)cc1NC)[C@@H](C)O. The minimum absolute atomic E-state index is 0.0116. The number of carbonyl (C=O) groups excluding carboxylic acids is 1. The lowest BCUT2D eigenvalue weighted by Crippen LogP contribution is -2.49. The fourth-order valence-electron chi connectivity index (χ4n) is 10.4. The Morgan fingerprint density at radius 2 is 1.81 bits per heavy atom. The number of nitrogens with zero attached hydrogens (tertiary/aromatic N) is 6. The summed E-state index contributed by atoms with van der Waals surface area (Å²) in [6.45, 7) is 12.1. The third-order valence-electron chi connectivity index (χ3n) is 14.3. The molecule has 3 aromatic carbocycles. The number of nitrogens with one attached hydrogen (secondary N) is 2. The highest BCUT2D eigenvalue weighted by molar-refractivity contribution is 7.72. The van der Waals surface area contributed by atoms with Crippen LogP contribution in [0.4, 0.5) is 15.8 Å². The number of aromatic amines is 1. The molecule has 0 bridgehead atoms. The topological polar surface area (TPSA) is 208 Å². The molecule has 2 aliphatic heterocycles. The van der Waals surface area contributed by atoms with E-state index in [1.807, 2.05) is 30.5 Å². The molecule has 2 fully saturated rings. The number of nitrogens with two attached hydrogens (primary N) is 1. The first-order valence-corrected chi connectivity index (χ1v) is 24.8. The molecule has 18 heteroatoms. The van der Waals surface area contributed by atoms with Crippen molar-refractivity contribution >= 4 is 46.5 Å². The molecule has 6 aromatic rings. The van der Waals surface area contributed by atoms with E-state index in [1.165, 1.54) is 16.1 Å². The molecule has 67 heavy (non-hydrogen) atoms. The van der Waals surface area contributed by atoms with Crippen LogP contribution in [-0.2, 0) is 14.8 Å². The quantitative estimate of drug-likeness (QED) is 0.0606. The van der Waals surface area contributed by atoms with Crippen LogP contribution in [-0.4, -0.2) is 90.4 Å². The van der Waals surface area contributed by atoms with Crippen molar-refractivity contribution in [2.45, 2.75) is 90.6 Å². The van der Waals surface area contributed by atoms with E-state index in [4.69, 9.17) is 20.0 Å². The predicted octanol–water partition coefficient (Wildman–Crippen LogP) is 6.82. The zero-order chi connectivity index (χ0) is 47.7. The lowest BCUT2D eigenvalue weighted by molar-refractivity contribution is 0.0697. The van der Waals surface area contributed by atoms with E-state index in [2.05, 4.69) is 27.6 Å². The van der Waals surface area contributed by atoms with Crippen molar-refractivity contribution in [1.82, 2.24) is 28.7 Å². The maximum absolute atomic E-state index is 15.5. The summed E-state index contributed by atoms with van der Waals surface area (Å²) in [6, 6.07) is 15.7. The number of hydrogen-bond donors (Lipinski definition) is 4. The lowest BCUT2D eigenvalue weighted by Gasteiger charge is -2.37. The average Bonchev–Trinajstić information content (AvgIpc) is 3.63. The number of ether oxygens (including phenoxy) is 1. The van der Waals surface area contributed by atoms with E-state index in [-0.39, 0.29) is 42.6 Å². The van der Waals surface area contributed by atoms with E-state index in [0.717, 1.165) is 29.3 Å². The number of carbonyl (C=O) groups is 1. The van der Waals surface area contributed by atoms with Gasteiger partial charge in [-0.15, -0.1) is 0 Å². The molecule has 1 amide bonds. The van der Waals surface area contributed by atoms with Gasteiger partial charge in [-0.25, -0.2) is 19.0 Å². The summed E-state index contributed by atoms with van der Waals surface area (Å²) in [5.74, 6) is -1.64. The van der Waals surface area contributed by atoms with Crippen molar-refractivity contribution in [2.24, 2.45) is 16.6 Å². The number of fused-ring (bicyclic) bond motifs is 1. The molecule has 1 saturated carbocycles. The normalized spacial score (nSPS) is 21.7. The van der Waals surface area contributed by atoms with E-state index in [0.29, 0.717) is 81.8 Å². The first kappa shape index (κ1) is 45.8. The smallest absolute Gasteiger partial charge is 0.402 e. The highest BCUT2D eigenvalue weighted by atomic mass is 31.2. The molecule has 0 unspecified atom stereocenters. The van der Waals surface area contributed by atoms with Crippen LogP contribution in [0.25, 0.3) is 16.6 Å². The summed E-state index contributed by atoms with van der Waals surface area (Å²) in [5.41, 5.74) is 10.9. The zero-order valence-electron chi connectivity index (χ0n) is 38.8. The Morgan fingerprint density at radius 1 is 1.09 bits per heavy atom. The monoisotopic (exact) mass is 933 g/mol. The summed E-state index contributed by atoms with van der Waals surface area (Å²) in [4.78, 5) is 52.2. The van der Waals surface area contributed by atoms with E-state index in [9.17, 15) is 19.3 Å². The minimum Gasteiger partial charge on any atom is -0.402 e. The van der Waals surface area contributed by atoms with Crippen molar-refractivity contribution in [3.05, 3.63) is 133 Å². The second kappa shape index (κ2) is 17.4. The van der Waals surface area contributed by atoms with Gasteiger partial charge in [0.2, 0.25) is 0 Å². The second-order valence-corrected chi connectivity index (χ2v) is 21.7. The number of hydrogen-bond acceptors (Lipinski definition) is 11. The maximum Gasteiger partial charge on any atom is 0.438 e. The van der Waals surface area contributed by atoms with Gasteiger partial charge in [-0.1, -0.05) is 25.1 Å². The molecular formula is C49H57FN9O7P. The molecule has 3 aromatic heterocycles. The third kappa shape index (κ3) is 7.70. The third-order valence-corrected chi connectivity index (χ3v) is 17.6. The summed E-state index contributed by atoms with van der Waals surface area (Å²) in [5, 5.41) is 19.1. The van der Waals surface area contributed by atoms with Crippen LogP contribution in [0.1, 0.15) is 92.3 Å². The van der Waals surface area contributed by atoms with Crippen molar-refractivity contribution in [3.63, 3.8) is 0 Å². The summed E-state index contributed by atoms with van der Waals surface area (Å²) < 4.78 is 44.4. The van der Waals surface area contributed by atoms with Crippen LogP contribution in [0.15, 0.2) is 97.4 Å². The average molecular weight is 934 g/mol. The molecule has 1 saturated heterocycles. The number of aliphatic hydroxyl groups excluding tert-OH is 1. The first-order valence-electron chi connectivity index (χ1n) is 22.9. The highest BCUT2D eigenvalue weighted by Gasteiger charge is 2.59. The number of aliphatic hydroxyl groups is 1. The summed E-state index contributed by atoms with van der Waals surface area (Å²) in [7, 11) is -1.51.